The molecular weight excluding hydrogens is 196 g/mol. The van der Waals surface area contributed by atoms with Crippen molar-refractivity contribution in [3.8, 4) is 0 Å². The standard InChI is InChI=1S/C15H24O/c1-11(2)15(4,5)10-13-8-6-7-9-14(16)12(13)3/h6-9,11-12,16H,10H2,1-5H3. The van der Waals surface area contributed by atoms with Crippen molar-refractivity contribution >= 4 is 0 Å². The molecule has 0 aliphatic heterocycles. The third-order valence-corrected chi connectivity index (χ3v) is 3.91. The minimum atomic E-state index is 0.146. The number of aliphatic hydroxyl groups is 1. The minimum Gasteiger partial charge on any atom is -0.512 e. The summed E-state index contributed by atoms with van der Waals surface area (Å²) < 4.78 is 0. The van der Waals surface area contributed by atoms with Gasteiger partial charge in [0.1, 0.15) is 0 Å². The zero-order chi connectivity index (χ0) is 12.3. The van der Waals surface area contributed by atoms with Crippen molar-refractivity contribution in [1.29, 1.82) is 0 Å². The van der Waals surface area contributed by atoms with Crippen molar-refractivity contribution in [3.05, 3.63) is 35.6 Å². The number of hydrogen-bond acceptors (Lipinski definition) is 1. The maximum absolute atomic E-state index is 9.83. The van der Waals surface area contributed by atoms with E-state index in [0.29, 0.717) is 11.7 Å². The molecule has 0 aromatic carbocycles. The Hall–Kier alpha value is -0.980. The predicted octanol–water partition coefficient (Wildman–Crippen LogP) is 4.63. The van der Waals surface area contributed by atoms with E-state index in [1.165, 1.54) is 5.57 Å². The Morgan fingerprint density at radius 2 is 1.81 bits per heavy atom. The summed E-state index contributed by atoms with van der Waals surface area (Å²) in [4.78, 5) is 0. The SMILES string of the molecule is CC1C(O)=CC=CC=C1CC(C)(C)C(C)C. The fourth-order valence-electron chi connectivity index (χ4n) is 1.75. The third-order valence-electron chi connectivity index (χ3n) is 3.91. The Balaban J connectivity index is 2.85. The molecule has 0 bridgehead atoms. The van der Waals surface area contributed by atoms with E-state index in [4.69, 9.17) is 0 Å². The van der Waals surface area contributed by atoms with Crippen LogP contribution in [0.5, 0.6) is 0 Å². The van der Waals surface area contributed by atoms with Crippen LogP contribution in [0.2, 0.25) is 0 Å². The molecule has 1 atom stereocenters. The highest BCUT2D eigenvalue weighted by molar-refractivity contribution is 5.29. The Kier molecular flexibility index (Phi) is 4.01. The van der Waals surface area contributed by atoms with Gasteiger partial charge in [-0.2, -0.15) is 0 Å². The van der Waals surface area contributed by atoms with Crippen LogP contribution in [0, 0.1) is 17.3 Å². The molecule has 0 aromatic rings. The van der Waals surface area contributed by atoms with Crippen molar-refractivity contribution in [2.75, 3.05) is 0 Å². The minimum absolute atomic E-state index is 0.146. The first-order chi connectivity index (χ1) is 7.34. The van der Waals surface area contributed by atoms with Crippen LogP contribution in [0.3, 0.4) is 0 Å². The van der Waals surface area contributed by atoms with E-state index in [-0.39, 0.29) is 11.3 Å². The van der Waals surface area contributed by atoms with Gasteiger partial charge >= 0.3 is 0 Å². The first kappa shape index (κ1) is 13.1. The Bertz CT molecular complexity index is 329. The van der Waals surface area contributed by atoms with Crippen LogP contribution in [0.4, 0.5) is 0 Å². The van der Waals surface area contributed by atoms with Gasteiger partial charge in [-0.25, -0.2) is 0 Å². The second-order valence-electron chi connectivity index (χ2n) is 5.76. The van der Waals surface area contributed by atoms with Crippen LogP contribution in [-0.2, 0) is 0 Å². The van der Waals surface area contributed by atoms with Crippen LogP contribution in [0.15, 0.2) is 35.6 Å². The predicted molar refractivity (Wildman–Crippen MR) is 70.3 cm³/mol. The molecule has 0 aromatic heterocycles. The third kappa shape index (κ3) is 3.01. The van der Waals surface area contributed by atoms with Gasteiger partial charge in [-0.15, -0.1) is 0 Å². The quantitative estimate of drug-likeness (QED) is 0.735. The Morgan fingerprint density at radius 3 is 2.38 bits per heavy atom. The highest BCUT2D eigenvalue weighted by Crippen LogP contribution is 2.37. The summed E-state index contributed by atoms with van der Waals surface area (Å²) in [5, 5.41) is 9.83. The maximum Gasteiger partial charge on any atom is 0.0991 e. The van der Waals surface area contributed by atoms with Gasteiger partial charge in [0.25, 0.3) is 0 Å². The van der Waals surface area contributed by atoms with Gasteiger partial charge in [-0.05, 0) is 23.8 Å². The lowest BCUT2D eigenvalue weighted by Gasteiger charge is -2.32. The fraction of sp³-hybridized carbons (Fsp3) is 0.600. The van der Waals surface area contributed by atoms with Crippen LogP contribution in [0.25, 0.3) is 0 Å². The van der Waals surface area contributed by atoms with Crippen LogP contribution in [-0.4, -0.2) is 5.11 Å². The molecule has 0 amide bonds. The van der Waals surface area contributed by atoms with Crippen molar-refractivity contribution in [3.63, 3.8) is 0 Å². The van der Waals surface area contributed by atoms with E-state index in [9.17, 15) is 5.11 Å². The second kappa shape index (κ2) is 4.90. The molecule has 1 aliphatic rings. The smallest absolute Gasteiger partial charge is 0.0991 e. The molecule has 0 spiro atoms. The largest absolute Gasteiger partial charge is 0.512 e. The molecule has 1 unspecified atom stereocenters. The summed E-state index contributed by atoms with van der Waals surface area (Å²) >= 11 is 0. The lowest BCUT2D eigenvalue weighted by atomic mass is 9.74. The van der Waals surface area contributed by atoms with Crippen LogP contribution >= 0.6 is 0 Å². The number of hydrogen-bond donors (Lipinski definition) is 1. The average Bonchev–Trinajstić information content (AvgIpc) is 2.33. The van der Waals surface area contributed by atoms with Crippen molar-refractivity contribution in [1.82, 2.24) is 0 Å². The first-order valence-corrected chi connectivity index (χ1v) is 6.11. The van der Waals surface area contributed by atoms with E-state index >= 15 is 0 Å². The van der Waals surface area contributed by atoms with Crippen molar-refractivity contribution in [2.45, 2.75) is 41.0 Å². The Labute approximate surface area is 99.6 Å². The highest BCUT2D eigenvalue weighted by Gasteiger charge is 2.26. The summed E-state index contributed by atoms with van der Waals surface area (Å²) in [6, 6.07) is 0. The lowest BCUT2D eigenvalue weighted by molar-refractivity contribution is 0.237. The molecule has 1 heteroatoms. The van der Waals surface area contributed by atoms with Crippen molar-refractivity contribution < 1.29 is 5.11 Å². The molecule has 1 rings (SSSR count). The molecule has 0 heterocycles. The molecule has 1 nitrogen and oxygen atoms in total. The van der Waals surface area contributed by atoms with E-state index in [2.05, 4.69) is 40.7 Å². The maximum atomic E-state index is 9.83. The van der Waals surface area contributed by atoms with Gasteiger partial charge in [0.2, 0.25) is 0 Å². The van der Waals surface area contributed by atoms with Crippen molar-refractivity contribution in [2.24, 2.45) is 17.3 Å². The molecular formula is C15H24O. The molecule has 90 valence electrons. The normalized spacial score (nSPS) is 21.8. The zero-order valence-electron chi connectivity index (χ0n) is 11.1. The first-order valence-electron chi connectivity index (χ1n) is 6.11. The van der Waals surface area contributed by atoms with Crippen LogP contribution < -0.4 is 0 Å². The second-order valence-corrected chi connectivity index (χ2v) is 5.76. The molecule has 0 radical (unpaired) electrons. The highest BCUT2D eigenvalue weighted by atomic mass is 16.3. The van der Waals surface area contributed by atoms with Gasteiger partial charge in [-0.3, -0.25) is 0 Å². The molecule has 0 saturated heterocycles. The molecule has 16 heavy (non-hydrogen) atoms. The van der Waals surface area contributed by atoms with E-state index in [0.717, 1.165) is 6.42 Å². The summed E-state index contributed by atoms with van der Waals surface area (Å²) in [6.07, 6.45) is 8.89. The molecule has 0 saturated carbocycles. The average molecular weight is 220 g/mol. The van der Waals surface area contributed by atoms with E-state index < -0.39 is 0 Å². The molecule has 1 aliphatic carbocycles. The van der Waals surface area contributed by atoms with E-state index in [1.54, 1.807) is 6.08 Å². The van der Waals surface area contributed by atoms with Gasteiger partial charge in [0.15, 0.2) is 0 Å². The van der Waals surface area contributed by atoms with Crippen LogP contribution in [0.1, 0.15) is 41.0 Å². The topological polar surface area (TPSA) is 20.2 Å². The lowest BCUT2D eigenvalue weighted by Crippen LogP contribution is -2.21. The monoisotopic (exact) mass is 220 g/mol. The van der Waals surface area contributed by atoms with Gasteiger partial charge in [-0.1, -0.05) is 58.4 Å². The molecule has 0 fully saturated rings. The summed E-state index contributed by atoms with van der Waals surface area (Å²) in [7, 11) is 0. The fourth-order valence-corrected chi connectivity index (χ4v) is 1.75. The number of aliphatic hydroxyl groups excluding tert-OH is 1. The van der Waals surface area contributed by atoms with Gasteiger partial charge in [0.05, 0.1) is 5.76 Å². The van der Waals surface area contributed by atoms with Gasteiger partial charge in [0, 0.05) is 5.92 Å². The number of rotatable bonds is 3. The Morgan fingerprint density at radius 1 is 1.25 bits per heavy atom. The van der Waals surface area contributed by atoms with E-state index in [1.807, 2.05) is 12.2 Å². The number of allylic oxidation sites excluding steroid dienone is 5. The zero-order valence-corrected chi connectivity index (χ0v) is 11.1. The summed E-state index contributed by atoms with van der Waals surface area (Å²) in [5.41, 5.74) is 1.60. The van der Waals surface area contributed by atoms with Gasteiger partial charge < -0.3 is 5.11 Å². The molecule has 1 N–H and O–H groups in total. The summed E-state index contributed by atoms with van der Waals surface area (Å²) in [5.74, 6) is 1.26. The summed E-state index contributed by atoms with van der Waals surface area (Å²) in [6.45, 7) is 11.2.